The molecule has 108 valence electrons. The number of carbonyl (C=O) groups excluding carboxylic acids is 1. The topological polar surface area (TPSA) is 75.3 Å². The molecule has 2 aromatic rings. The Bertz CT molecular complexity index is 617. The Hall–Kier alpha value is -2.67. The predicted molar refractivity (Wildman–Crippen MR) is 84.1 cm³/mol. The number of hydrazine groups is 1. The highest BCUT2D eigenvalue weighted by Gasteiger charge is 2.06. The Morgan fingerprint density at radius 2 is 1.90 bits per heavy atom. The molecule has 0 radical (unpaired) electrons. The SMILES string of the molecule is COc1ccc(C(=O)NNC(=S)Nc2ccccc2)cn1. The molecule has 0 fully saturated rings. The molecule has 0 aliphatic carbocycles. The molecule has 1 aromatic carbocycles. The van der Waals surface area contributed by atoms with E-state index in [1.807, 2.05) is 30.3 Å². The lowest BCUT2D eigenvalue weighted by Gasteiger charge is -2.11. The normalized spacial score (nSPS) is 9.57. The number of aromatic nitrogens is 1. The molecule has 0 spiro atoms. The van der Waals surface area contributed by atoms with Gasteiger partial charge in [-0.05, 0) is 30.4 Å². The fourth-order valence-corrected chi connectivity index (χ4v) is 1.67. The second-order valence-corrected chi connectivity index (χ2v) is 4.40. The van der Waals surface area contributed by atoms with Gasteiger partial charge in [0.1, 0.15) is 0 Å². The molecule has 0 saturated heterocycles. The third kappa shape index (κ3) is 4.43. The van der Waals surface area contributed by atoms with Crippen molar-refractivity contribution in [2.75, 3.05) is 12.4 Å². The van der Waals surface area contributed by atoms with Crippen molar-refractivity contribution in [3.8, 4) is 5.88 Å². The van der Waals surface area contributed by atoms with Crippen LogP contribution < -0.4 is 20.9 Å². The Kier molecular flexibility index (Phi) is 5.05. The van der Waals surface area contributed by atoms with Crippen LogP contribution in [0.15, 0.2) is 48.7 Å². The van der Waals surface area contributed by atoms with Crippen LogP contribution in [-0.4, -0.2) is 23.1 Å². The van der Waals surface area contributed by atoms with Gasteiger partial charge in [-0.2, -0.15) is 0 Å². The number of ether oxygens (including phenoxy) is 1. The number of thiocarbonyl (C=S) groups is 1. The lowest BCUT2D eigenvalue weighted by molar-refractivity contribution is 0.0943. The van der Waals surface area contributed by atoms with Gasteiger partial charge in [0.25, 0.3) is 5.91 Å². The molecular formula is C14H14N4O2S. The van der Waals surface area contributed by atoms with E-state index in [-0.39, 0.29) is 11.0 Å². The monoisotopic (exact) mass is 302 g/mol. The van der Waals surface area contributed by atoms with E-state index in [1.54, 1.807) is 12.1 Å². The van der Waals surface area contributed by atoms with Gasteiger partial charge >= 0.3 is 0 Å². The van der Waals surface area contributed by atoms with Crippen LogP contribution in [0.25, 0.3) is 0 Å². The molecule has 1 amide bonds. The van der Waals surface area contributed by atoms with E-state index in [4.69, 9.17) is 17.0 Å². The summed E-state index contributed by atoms with van der Waals surface area (Å²) in [5, 5.41) is 3.22. The summed E-state index contributed by atoms with van der Waals surface area (Å²) >= 11 is 5.07. The smallest absolute Gasteiger partial charge is 0.271 e. The first-order valence-corrected chi connectivity index (χ1v) is 6.52. The number of hydrogen-bond acceptors (Lipinski definition) is 4. The highest BCUT2D eigenvalue weighted by molar-refractivity contribution is 7.80. The van der Waals surface area contributed by atoms with E-state index < -0.39 is 0 Å². The summed E-state index contributed by atoms with van der Waals surface area (Å²) in [7, 11) is 1.51. The summed E-state index contributed by atoms with van der Waals surface area (Å²) in [6, 6.07) is 12.6. The van der Waals surface area contributed by atoms with Gasteiger partial charge < -0.3 is 10.1 Å². The molecule has 2 rings (SSSR count). The number of rotatable bonds is 3. The number of anilines is 1. The van der Waals surface area contributed by atoms with Gasteiger partial charge in [0.2, 0.25) is 5.88 Å². The molecule has 3 N–H and O–H groups in total. The second-order valence-electron chi connectivity index (χ2n) is 3.99. The number of pyridine rings is 1. The average molecular weight is 302 g/mol. The van der Waals surface area contributed by atoms with Gasteiger partial charge in [0, 0.05) is 18.0 Å². The highest BCUT2D eigenvalue weighted by atomic mass is 32.1. The van der Waals surface area contributed by atoms with E-state index in [0.717, 1.165) is 5.69 Å². The summed E-state index contributed by atoms with van der Waals surface area (Å²) < 4.78 is 4.92. The number of nitrogens with zero attached hydrogens (tertiary/aromatic N) is 1. The van der Waals surface area contributed by atoms with Gasteiger partial charge in [0.15, 0.2) is 5.11 Å². The first-order chi connectivity index (χ1) is 10.2. The number of nitrogens with one attached hydrogen (secondary N) is 3. The number of benzene rings is 1. The van der Waals surface area contributed by atoms with Crippen molar-refractivity contribution in [1.29, 1.82) is 0 Å². The number of carbonyl (C=O) groups is 1. The highest BCUT2D eigenvalue weighted by Crippen LogP contribution is 2.06. The summed E-state index contributed by atoms with van der Waals surface area (Å²) in [6.45, 7) is 0. The molecule has 21 heavy (non-hydrogen) atoms. The maximum Gasteiger partial charge on any atom is 0.271 e. The molecule has 0 unspecified atom stereocenters. The van der Waals surface area contributed by atoms with E-state index >= 15 is 0 Å². The molecule has 0 bridgehead atoms. The van der Waals surface area contributed by atoms with E-state index in [9.17, 15) is 4.79 Å². The zero-order valence-electron chi connectivity index (χ0n) is 11.3. The minimum atomic E-state index is -0.345. The van der Waals surface area contributed by atoms with Crippen LogP contribution in [-0.2, 0) is 0 Å². The molecule has 0 aliphatic rings. The Morgan fingerprint density at radius 3 is 2.52 bits per heavy atom. The predicted octanol–water partition coefficient (Wildman–Crippen LogP) is 1.72. The molecule has 1 aromatic heterocycles. The molecule has 7 heteroatoms. The fourth-order valence-electron chi connectivity index (χ4n) is 1.50. The average Bonchev–Trinajstić information content (AvgIpc) is 2.53. The number of methoxy groups -OCH3 is 1. The molecule has 6 nitrogen and oxygen atoms in total. The van der Waals surface area contributed by atoms with Crippen LogP contribution in [0.4, 0.5) is 5.69 Å². The summed E-state index contributed by atoms with van der Waals surface area (Å²) in [4.78, 5) is 15.8. The van der Waals surface area contributed by atoms with E-state index in [0.29, 0.717) is 11.4 Å². The van der Waals surface area contributed by atoms with Crippen molar-refractivity contribution in [3.63, 3.8) is 0 Å². The fraction of sp³-hybridized carbons (Fsp3) is 0.0714. The number of para-hydroxylation sites is 1. The first-order valence-electron chi connectivity index (χ1n) is 6.11. The largest absolute Gasteiger partial charge is 0.481 e. The minimum absolute atomic E-state index is 0.288. The Morgan fingerprint density at radius 1 is 1.14 bits per heavy atom. The third-order valence-electron chi connectivity index (χ3n) is 2.53. The Labute approximate surface area is 127 Å². The van der Waals surface area contributed by atoms with Crippen LogP contribution >= 0.6 is 12.2 Å². The number of amides is 1. The van der Waals surface area contributed by atoms with Crippen LogP contribution in [0.5, 0.6) is 5.88 Å². The van der Waals surface area contributed by atoms with E-state index in [2.05, 4.69) is 21.2 Å². The second kappa shape index (κ2) is 7.20. The van der Waals surface area contributed by atoms with E-state index in [1.165, 1.54) is 13.3 Å². The molecular weight excluding hydrogens is 288 g/mol. The Balaban J connectivity index is 1.84. The van der Waals surface area contributed by atoms with Crippen LogP contribution in [0.3, 0.4) is 0 Å². The van der Waals surface area contributed by atoms with Crippen LogP contribution in [0.1, 0.15) is 10.4 Å². The maximum atomic E-state index is 11.9. The van der Waals surface area contributed by atoms with Gasteiger partial charge in [-0.3, -0.25) is 15.6 Å². The standard InChI is InChI=1S/C14H14N4O2S/c1-20-12-8-7-10(9-15-12)13(19)17-18-14(21)16-11-5-3-2-4-6-11/h2-9H,1H3,(H,17,19)(H2,16,18,21). The molecule has 0 saturated carbocycles. The molecule has 1 heterocycles. The van der Waals surface area contributed by atoms with Gasteiger partial charge in [0.05, 0.1) is 12.7 Å². The lowest BCUT2D eigenvalue weighted by atomic mass is 10.3. The van der Waals surface area contributed by atoms with Crippen LogP contribution in [0, 0.1) is 0 Å². The van der Waals surface area contributed by atoms with Crippen molar-refractivity contribution < 1.29 is 9.53 Å². The first kappa shape index (κ1) is 14.7. The van der Waals surface area contributed by atoms with Crippen molar-refractivity contribution in [3.05, 3.63) is 54.2 Å². The van der Waals surface area contributed by atoms with Crippen molar-refractivity contribution in [2.24, 2.45) is 0 Å². The van der Waals surface area contributed by atoms with Gasteiger partial charge in [-0.25, -0.2) is 4.98 Å². The zero-order chi connectivity index (χ0) is 15.1. The molecule has 0 aliphatic heterocycles. The third-order valence-corrected chi connectivity index (χ3v) is 2.73. The number of hydrogen-bond donors (Lipinski definition) is 3. The maximum absolute atomic E-state index is 11.9. The zero-order valence-corrected chi connectivity index (χ0v) is 12.1. The summed E-state index contributed by atoms with van der Waals surface area (Å²) in [6.07, 6.45) is 1.42. The van der Waals surface area contributed by atoms with Crippen molar-refractivity contribution >= 4 is 28.9 Å². The van der Waals surface area contributed by atoms with Crippen LogP contribution in [0.2, 0.25) is 0 Å². The minimum Gasteiger partial charge on any atom is -0.481 e. The van der Waals surface area contributed by atoms with Gasteiger partial charge in [-0.15, -0.1) is 0 Å². The van der Waals surface area contributed by atoms with Crippen molar-refractivity contribution in [1.82, 2.24) is 15.8 Å². The van der Waals surface area contributed by atoms with Crippen molar-refractivity contribution in [2.45, 2.75) is 0 Å². The van der Waals surface area contributed by atoms with Gasteiger partial charge in [-0.1, -0.05) is 18.2 Å². The molecule has 0 atom stereocenters. The summed E-state index contributed by atoms with van der Waals surface area (Å²) in [5.41, 5.74) is 6.33. The quantitative estimate of drug-likeness (QED) is 0.592. The summed E-state index contributed by atoms with van der Waals surface area (Å²) in [5.74, 6) is 0.100. The lowest BCUT2D eigenvalue weighted by Crippen LogP contribution is -2.43.